The molecule has 0 unspecified atom stereocenters. The van der Waals surface area contributed by atoms with Gasteiger partial charge in [0.05, 0.1) is 7.11 Å². The van der Waals surface area contributed by atoms with Crippen molar-refractivity contribution in [2.24, 2.45) is 0 Å². The fourth-order valence-electron chi connectivity index (χ4n) is 2.65. The fraction of sp³-hybridized carbons (Fsp3) is 0.625. The summed E-state index contributed by atoms with van der Waals surface area (Å²) in [6.45, 7) is 7.00. The van der Waals surface area contributed by atoms with Crippen LogP contribution in [-0.2, 0) is 6.54 Å². The summed E-state index contributed by atoms with van der Waals surface area (Å²) in [5, 5.41) is 0. The summed E-state index contributed by atoms with van der Waals surface area (Å²) >= 11 is 0. The Morgan fingerprint density at radius 2 is 2.00 bits per heavy atom. The van der Waals surface area contributed by atoms with Crippen molar-refractivity contribution >= 4 is 0 Å². The molecular formula is C16H24FNO. The van der Waals surface area contributed by atoms with Gasteiger partial charge in [0.25, 0.3) is 0 Å². The SMILES string of the molecule is COc1ccc(CN2CCC(F)CC2)cc1C(C)C. The van der Waals surface area contributed by atoms with Crippen molar-refractivity contribution in [2.45, 2.75) is 45.3 Å². The highest BCUT2D eigenvalue weighted by molar-refractivity contribution is 5.39. The molecule has 19 heavy (non-hydrogen) atoms. The molecule has 1 aromatic rings. The fourth-order valence-corrected chi connectivity index (χ4v) is 2.65. The Labute approximate surface area is 115 Å². The van der Waals surface area contributed by atoms with Gasteiger partial charge in [-0.15, -0.1) is 0 Å². The predicted octanol–water partition coefficient (Wildman–Crippen LogP) is 3.75. The van der Waals surface area contributed by atoms with E-state index in [-0.39, 0.29) is 0 Å². The zero-order valence-electron chi connectivity index (χ0n) is 12.2. The van der Waals surface area contributed by atoms with Crippen molar-refractivity contribution < 1.29 is 9.13 Å². The molecule has 0 spiro atoms. The summed E-state index contributed by atoms with van der Waals surface area (Å²) in [4.78, 5) is 2.34. The second-order valence-corrected chi connectivity index (χ2v) is 5.68. The summed E-state index contributed by atoms with van der Waals surface area (Å²) in [6, 6.07) is 6.39. The van der Waals surface area contributed by atoms with Crippen LogP contribution >= 0.6 is 0 Å². The van der Waals surface area contributed by atoms with Crippen LogP contribution in [0.15, 0.2) is 18.2 Å². The first-order chi connectivity index (χ1) is 9.10. The number of hydrogen-bond donors (Lipinski definition) is 0. The average Bonchev–Trinajstić information content (AvgIpc) is 2.41. The van der Waals surface area contributed by atoms with Gasteiger partial charge < -0.3 is 4.74 Å². The Bertz CT molecular complexity index is 411. The Kier molecular flexibility index (Phi) is 4.81. The second kappa shape index (κ2) is 6.38. The average molecular weight is 265 g/mol. The van der Waals surface area contributed by atoms with Gasteiger partial charge >= 0.3 is 0 Å². The number of rotatable bonds is 4. The molecule has 2 rings (SSSR count). The maximum atomic E-state index is 13.1. The lowest BCUT2D eigenvalue weighted by Crippen LogP contribution is -2.33. The van der Waals surface area contributed by atoms with Crippen molar-refractivity contribution in [3.05, 3.63) is 29.3 Å². The minimum atomic E-state index is -0.599. The molecule has 0 amide bonds. The lowest BCUT2D eigenvalue weighted by Gasteiger charge is -2.28. The zero-order chi connectivity index (χ0) is 13.8. The molecule has 1 aliphatic rings. The summed E-state index contributed by atoms with van der Waals surface area (Å²) in [5.74, 6) is 1.41. The maximum absolute atomic E-state index is 13.1. The second-order valence-electron chi connectivity index (χ2n) is 5.68. The van der Waals surface area contributed by atoms with Gasteiger partial charge in [-0.05, 0) is 36.0 Å². The lowest BCUT2D eigenvalue weighted by molar-refractivity contribution is 0.145. The van der Waals surface area contributed by atoms with Crippen molar-refractivity contribution in [2.75, 3.05) is 20.2 Å². The monoisotopic (exact) mass is 265 g/mol. The van der Waals surface area contributed by atoms with Crippen molar-refractivity contribution in [1.29, 1.82) is 0 Å². The van der Waals surface area contributed by atoms with Crippen LogP contribution < -0.4 is 4.74 Å². The Balaban J connectivity index is 2.06. The number of nitrogens with zero attached hydrogens (tertiary/aromatic N) is 1. The first-order valence-electron chi connectivity index (χ1n) is 7.13. The third-order valence-electron chi connectivity index (χ3n) is 3.84. The summed E-state index contributed by atoms with van der Waals surface area (Å²) in [7, 11) is 1.72. The molecule has 0 aromatic heterocycles. The van der Waals surface area contributed by atoms with E-state index in [0.29, 0.717) is 18.8 Å². The van der Waals surface area contributed by atoms with Crippen molar-refractivity contribution in [3.8, 4) is 5.75 Å². The molecular weight excluding hydrogens is 241 g/mol. The molecule has 0 N–H and O–H groups in total. The van der Waals surface area contributed by atoms with Crippen LogP contribution in [0.25, 0.3) is 0 Å². The largest absolute Gasteiger partial charge is 0.496 e. The van der Waals surface area contributed by atoms with E-state index in [1.807, 2.05) is 6.07 Å². The standard InChI is InChI=1S/C16H24FNO/c1-12(2)15-10-13(4-5-16(15)19-3)11-18-8-6-14(17)7-9-18/h4-5,10,12,14H,6-9,11H2,1-3H3. The van der Waals surface area contributed by atoms with Gasteiger partial charge in [-0.2, -0.15) is 0 Å². The summed E-state index contributed by atoms with van der Waals surface area (Å²) in [6.07, 6.45) is 0.749. The van der Waals surface area contributed by atoms with E-state index in [1.54, 1.807) is 7.11 Å². The smallest absolute Gasteiger partial charge is 0.122 e. The number of methoxy groups -OCH3 is 1. The van der Waals surface area contributed by atoms with E-state index < -0.39 is 6.17 Å². The van der Waals surface area contributed by atoms with Gasteiger partial charge in [0.15, 0.2) is 0 Å². The molecule has 1 aromatic carbocycles. The zero-order valence-corrected chi connectivity index (χ0v) is 12.2. The van der Waals surface area contributed by atoms with Crippen LogP contribution in [-0.4, -0.2) is 31.3 Å². The van der Waals surface area contributed by atoms with Crippen LogP contribution in [0, 0.1) is 0 Å². The minimum Gasteiger partial charge on any atom is -0.496 e. The first-order valence-corrected chi connectivity index (χ1v) is 7.13. The molecule has 0 aliphatic carbocycles. The van der Waals surface area contributed by atoms with Crippen molar-refractivity contribution in [1.82, 2.24) is 4.90 Å². The van der Waals surface area contributed by atoms with E-state index in [2.05, 4.69) is 30.9 Å². The molecule has 1 heterocycles. The van der Waals surface area contributed by atoms with E-state index >= 15 is 0 Å². The maximum Gasteiger partial charge on any atom is 0.122 e. The lowest BCUT2D eigenvalue weighted by atomic mass is 9.99. The van der Waals surface area contributed by atoms with Crippen molar-refractivity contribution in [3.63, 3.8) is 0 Å². The molecule has 106 valence electrons. The molecule has 1 aliphatic heterocycles. The molecule has 1 saturated heterocycles. The van der Waals surface area contributed by atoms with Gasteiger partial charge in [-0.3, -0.25) is 4.90 Å². The first kappa shape index (κ1) is 14.3. The van der Waals surface area contributed by atoms with E-state index in [4.69, 9.17) is 4.74 Å². The topological polar surface area (TPSA) is 12.5 Å². The van der Waals surface area contributed by atoms with Gasteiger partial charge in [-0.25, -0.2) is 4.39 Å². The Morgan fingerprint density at radius 1 is 1.32 bits per heavy atom. The van der Waals surface area contributed by atoms with E-state index in [9.17, 15) is 4.39 Å². The van der Waals surface area contributed by atoms with Gasteiger partial charge in [-0.1, -0.05) is 26.0 Å². The number of halogens is 1. The molecule has 0 atom stereocenters. The molecule has 2 nitrogen and oxygen atoms in total. The normalized spacial score (nSPS) is 17.9. The number of alkyl halides is 1. The Morgan fingerprint density at radius 3 is 2.58 bits per heavy atom. The van der Waals surface area contributed by atoms with Gasteiger partial charge in [0, 0.05) is 19.6 Å². The highest BCUT2D eigenvalue weighted by Gasteiger charge is 2.18. The predicted molar refractivity (Wildman–Crippen MR) is 76.5 cm³/mol. The highest BCUT2D eigenvalue weighted by Crippen LogP contribution is 2.28. The number of piperidine rings is 1. The molecule has 0 bridgehead atoms. The minimum absolute atomic E-state index is 0.450. The van der Waals surface area contributed by atoms with Gasteiger partial charge in [0.2, 0.25) is 0 Å². The van der Waals surface area contributed by atoms with E-state index in [1.165, 1.54) is 11.1 Å². The Hall–Kier alpha value is -1.09. The third kappa shape index (κ3) is 3.69. The van der Waals surface area contributed by atoms with Crippen LogP contribution in [0.5, 0.6) is 5.75 Å². The molecule has 0 saturated carbocycles. The quantitative estimate of drug-likeness (QED) is 0.822. The number of likely N-dealkylation sites (tertiary alicyclic amines) is 1. The van der Waals surface area contributed by atoms with Crippen LogP contribution in [0.4, 0.5) is 4.39 Å². The third-order valence-corrected chi connectivity index (χ3v) is 3.84. The molecule has 1 fully saturated rings. The summed E-state index contributed by atoms with van der Waals surface area (Å²) < 4.78 is 18.5. The van der Waals surface area contributed by atoms with Crippen LogP contribution in [0.3, 0.4) is 0 Å². The van der Waals surface area contributed by atoms with Crippen LogP contribution in [0.2, 0.25) is 0 Å². The number of benzene rings is 1. The summed E-state index contributed by atoms with van der Waals surface area (Å²) in [5.41, 5.74) is 2.54. The van der Waals surface area contributed by atoms with Gasteiger partial charge in [0.1, 0.15) is 11.9 Å². The highest BCUT2D eigenvalue weighted by atomic mass is 19.1. The van der Waals surface area contributed by atoms with Crippen LogP contribution in [0.1, 0.15) is 43.7 Å². The number of ether oxygens (including phenoxy) is 1. The van der Waals surface area contributed by atoms with E-state index in [0.717, 1.165) is 25.4 Å². The molecule has 3 heteroatoms. The molecule has 0 radical (unpaired) electrons. The number of hydrogen-bond acceptors (Lipinski definition) is 2.